The zero-order chi connectivity index (χ0) is 24.6. The summed E-state index contributed by atoms with van der Waals surface area (Å²) in [6.07, 6.45) is -0.977. The fourth-order valence-electron chi connectivity index (χ4n) is 5.47. The molecule has 2 heterocycles. The Kier molecular flexibility index (Phi) is 4.81. The lowest BCUT2D eigenvalue weighted by atomic mass is 9.77. The maximum Gasteiger partial charge on any atom is 0.241 e. The minimum absolute atomic E-state index is 0.105. The van der Waals surface area contributed by atoms with Gasteiger partial charge in [-0.1, -0.05) is 77.3 Å². The molecule has 2 saturated heterocycles. The third-order valence-electron chi connectivity index (χ3n) is 7.08. The van der Waals surface area contributed by atoms with Crippen molar-refractivity contribution in [2.24, 2.45) is 11.8 Å². The average molecular weight is 506 g/mol. The van der Waals surface area contributed by atoms with Crippen LogP contribution in [0.3, 0.4) is 0 Å². The summed E-state index contributed by atoms with van der Waals surface area (Å²) in [5.74, 6) is -4.91. The minimum atomic E-state index is -2.12. The fraction of sp³-hybridized carbons (Fsp3) is 0.185. The predicted octanol–water partition coefficient (Wildman–Crippen LogP) is 5.00. The highest BCUT2D eigenvalue weighted by molar-refractivity contribution is 6.40. The Hall–Kier alpha value is -3.32. The summed E-state index contributed by atoms with van der Waals surface area (Å²) in [6, 6.07) is 18.0. The van der Waals surface area contributed by atoms with Crippen molar-refractivity contribution in [1.29, 1.82) is 0 Å². The second kappa shape index (κ2) is 7.59. The Labute approximate surface area is 210 Å². The van der Waals surface area contributed by atoms with Crippen LogP contribution in [0.1, 0.15) is 37.9 Å². The van der Waals surface area contributed by atoms with Crippen molar-refractivity contribution < 1.29 is 23.9 Å². The summed E-state index contributed by atoms with van der Waals surface area (Å²) in [4.78, 5) is 56.2. The number of hydrogen-bond donors (Lipinski definition) is 0. The molecular formula is C27H17Cl2NO5. The molecule has 0 bridgehead atoms. The molecule has 0 unspecified atom stereocenters. The zero-order valence-corrected chi connectivity index (χ0v) is 19.8. The molecule has 2 amide bonds. The van der Waals surface area contributed by atoms with Crippen LogP contribution in [0.4, 0.5) is 5.69 Å². The van der Waals surface area contributed by atoms with Crippen LogP contribution in [-0.2, 0) is 14.3 Å². The standard InChI is InChI=1S/C27H17Cl2NO5/c1-13-6-8-14(9-7-13)22-20-21(26(34)30(25(20)33)19-11-10-15(28)12-18(19)29)27(35-22)23(31)16-4-2-3-5-17(16)24(27)32/h2-12,20-22H,1H3/t20-,21+,22+/m1/s1. The van der Waals surface area contributed by atoms with Crippen molar-refractivity contribution in [2.75, 3.05) is 4.90 Å². The molecule has 0 aromatic heterocycles. The minimum Gasteiger partial charge on any atom is -0.349 e. The van der Waals surface area contributed by atoms with E-state index < -0.39 is 46.9 Å². The highest BCUT2D eigenvalue weighted by Crippen LogP contribution is 2.58. The van der Waals surface area contributed by atoms with Crippen LogP contribution in [0, 0.1) is 18.8 Å². The molecule has 2 aliphatic heterocycles. The number of Topliss-reactive ketones (excluding diaryl/α,β-unsaturated/α-hetero) is 2. The molecule has 174 valence electrons. The van der Waals surface area contributed by atoms with Crippen LogP contribution in [0.2, 0.25) is 10.0 Å². The second-order valence-electron chi connectivity index (χ2n) is 9.00. The van der Waals surface area contributed by atoms with E-state index in [2.05, 4.69) is 0 Å². The van der Waals surface area contributed by atoms with Gasteiger partial charge in [0.15, 0.2) is 0 Å². The average Bonchev–Trinajstić information content (AvgIpc) is 3.40. The summed E-state index contributed by atoms with van der Waals surface area (Å²) in [5, 5.41) is 0.445. The zero-order valence-electron chi connectivity index (χ0n) is 18.3. The molecule has 35 heavy (non-hydrogen) atoms. The third-order valence-corrected chi connectivity index (χ3v) is 7.61. The number of ketones is 2. The molecule has 2 fully saturated rings. The van der Waals surface area contributed by atoms with Gasteiger partial charge in [-0.15, -0.1) is 0 Å². The SMILES string of the molecule is Cc1ccc([C@@H]2OC3(C(=O)c4ccccc4C3=O)[C@@H]3C(=O)N(c4ccc(Cl)cc4Cl)C(=O)[C@H]32)cc1. The van der Waals surface area contributed by atoms with Gasteiger partial charge in [0.25, 0.3) is 0 Å². The van der Waals surface area contributed by atoms with Crippen molar-refractivity contribution in [3.05, 3.63) is 99.0 Å². The molecular weight excluding hydrogens is 489 g/mol. The van der Waals surface area contributed by atoms with Gasteiger partial charge in [-0.25, -0.2) is 4.90 Å². The van der Waals surface area contributed by atoms with Crippen LogP contribution >= 0.6 is 23.2 Å². The van der Waals surface area contributed by atoms with Gasteiger partial charge in [-0.3, -0.25) is 19.2 Å². The number of anilines is 1. The van der Waals surface area contributed by atoms with Crippen molar-refractivity contribution in [3.63, 3.8) is 0 Å². The lowest BCUT2D eigenvalue weighted by Gasteiger charge is -2.27. The summed E-state index contributed by atoms with van der Waals surface area (Å²) in [5.41, 5.74) is -0.0163. The maximum absolute atomic E-state index is 13.9. The molecule has 3 atom stereocenters. The van der Waals surface area contributed by atoms with Gasteiger partial charge < -0.3 is 4.74 Å². The molecule has 3 aliphatic rings. The fourth-order valence-corrected chi connectivity index (χ4v) is 5.97. The van der Waals surface area contributed by atoms with Crippen LogP contribution in [-0.4, -0.2) is 29.0 Å². The van der Waals surface area contributed by atoms with E-state index in [-0.39, 0.29) is 21.8 Å². The number of amides is 2. The van der Waals surface area contributed by atoms with E-state index in [1.54, 1.807) is 24.3 Å². The Balaban J connectivity index is 1.55. The number of nitrogens with zero attached hydrogens (tertiary/aromatic N) is 1. The van der Waals surface area contributed by atoms with Gasteiger partial charge in [0.1, 0.15) is 0 Å². The Bertz CT molecular complexity index is 1430. The molecule has 0 radical (unpaired) electrons. The lowest BCUT2D eigenvalue weighted by molar-refractivity contribution is -0.127. The quantitative estimate of drug-likeness (QED) is 0.361. The van der Waals surface area contributed by atoms with Gasteiger partial charge in [-0.2, -0.15) is 0 Å². The maximum atomic E-state index is 13.9. The number of ether oxygens (including phenoxy) is 1. The van der Waals surface area contributed by atoms with E-state index in [0.717, 1.165) is 10.5 Å². The van der Waals surface area contributed by atoms with Crippen molar-refractivity contribution in [1.82, 2.24) is 0 Å². The number of hydrogen-bond acceptors (Lipinski definition) is 5. The van der Waals surface area contributed by atoms with Crippen LogP contribution in [0.25, 0.3) is 0 Å². The Morgan fingerprint density at radius 3 is 2.06 bits per heavy atom. The van der Waals surface area contributed by atoms with E-state index in [1.165, 1.54) is 30.3 Å². The topological polar surface area (TPSA) is 80.8 Å². The first-order chi connectivity index (χ1) is 16.8. The van der Waals surface area contributed by atoms with Crippen LogP contribution in [0.5, 0.6) is 0 Å². The van der Waals surface area contributed by atoms with Crippen molar-refractivity contribution >= 4 is 52.3 Å². The highest BCUT2D eigenvalue weighted by Gasteiger charge is 2.74. The summed E-state index contributed by atoms with van der Waals surface area (Å²) in [7, 11) is 0. The summed E-state index contributed by atoms with van der Waals surface area (Å²) >= 11 is 12.4. The number of imide groups is 1. The Morgan fingerprint density at radius 2 is 1.46 bits per heavy atom. The van der Waals surface area contributed by atoms with Crippen molar-refractivity contribution in [2.45, 2.75) is 18.6 Å². The van der Waals surface area contributed by atoms with E-state index in [4.69, 9.17) is 27.9 Å². The number of rotatable bonds is 2. The summed E-state index contributed by atoms with van der Waals surface area (Å²) < 4.78 is 6.26. The predicted molar refractivity (Wildman–Crippen MR) is 129 cm³/mol. The van der Waals surface area contributed by atoms with Crippen LogP contribution < -0.4 is 4.90 Å². The van der Waals surface area contributed by atoms with E-state index in [1.807, 2.05) is 19.1 Å². The molecule has 8 heteroatoms. The Morgan fingerprint density at radius 1 is 0.829 bits per heavy atom. The second-order valence-corrected chi connectivity index (χ2v) is 9.84. The van der Waals surface area contributed by atoms with Crippen molar-refractivity contribution in [3.8, 4) is 0 Å². The number of carbonyl (C=O) groups excluding carboxylic acids is 4. The monoisotopic (exact) mass is 505 g/mol. The van der Waals surface area contributed by atoms with E-state index >= 15 is 0 Å². The smallest absolute Gasteiger partial charge is 0.241 e. The molecule has 6 nitrogen and oxygen atoms in total. The molecule has 0 N–H and O–H groups in total. The lowest BCUT2D eigenvalue weighted by Crippen LogP contribution is -2.51. The molecule has 1 aliphatic carbocycles. The number of halogens is 2. The number of fused-ring (bicyclic) bond motifs is 3. The molecule has 0 saturated carbocycles. The van der Waals surface area contributed by atoms with Gasteiger partial charge >= 0.3 is 0 Å². The first kappa shape index (κ1) is 22.2. The summed E-state index contributed by atoms with van der Waals surface area (Å²) in [6.45, 7) is 1.92. The first-order valence-corrected chi connectivity index (χ1v) is 11.8. The number of benzene rings is 3. The van der Waals surface area contributed by atoms with Crippen LogP contribution in [0.15, 0.2) is 66.7 Å². The van der Waals surface area contributed by atoms with Gasteiger partial charge in [0.05, 0.1) is 28.6 Å². The van der Waals surface area contributed by atoms with E-state index in [0.29, 0.717) is 10.6 Å². The van der Waals surface area contributed by atoms with Gasteiger partial charge in [0.2, 0.25) is 29.0 Å². The highest BCUT2D eigenvalue weighted by atomic mass is 35.5. The molecule has 6 rings (SSSR count). The number of aryl methyl sites for hydroxylation is 1. The van der Waals surface area contributed by atoms with Gasteiger partial charge in [-0.05, 0) is 30.7 Å². The number of carbonyl (C=O) groups is 4. The largest absolute Gasteiger partial charge is 0.349 e. The normalized spacial score (nSPS) is 24.4. The third kappa shape index (κ3) is 2.88. The molecule has 3 aromatic rings. The molecule has 3 aromatic carbocycles. The molecule has 1 spiro atoms. The first-order valence-electron chi connectivity index (χ1n) is 11.0. The van der Waals surface area contributed by atoms with Gasteiger partial charge in [0, 0.05) is 16.1 Å². The van der Waals surface area contributed by atoms with E-state index in [9.17, 15) is 19.2 Å².